The van der Waals surface area contributed by atoms with Gasteiger partial charge in [0, 0.05) is 0 Å². The molecule has 0 bridgehead atoms. The summed E-state index contributed by atoms with van der Waals surface area (Å²) < 4.78 is 5.55. The molecule has 0 amide bonds. The Labute approximate surface area is 115 Å². The van der Waals surface area contributed by atoms with Crippen molar-refractivity contribution in [2.45, 2.75) is 45.8 Å². The molecule has 0 fully saturated rings. The van der Waals surface area contributed by atoms with Crippen LogP contribution in [0.4, 0.5) is 0 Å². The van der Waals surface area contributed by atoms with Gasteiger partial charge in [0.05, 0.1) is 12.1 Å². The lowest BCUT2D eigenvalue weighted by atomic mass is 10.2. The van der Waals surface area contributed by atoms with Crippen molar-refractivity contribution in [3.05, 3.63) is 29.8 Å². The summed E-state index contributed by atoms with van der Waals surface area (Å²) in [5.74, 6) is 0.787. The van der Waals surface area contributed by atoms with Crippen LogP contribution < -0.4 is 10.2 Å². The molecule has 4 nitrogen and oxygen atoms in total. The molecule has 0 aromatic heterocycles. The Morgan fingerprint density at radius 3 is 2.68 bits per heavy atom. The van der Waals surface area contributed by atoms with E-state index in [-0.39, 0.29) is 12.2 Å². The zero-order chi connectivity index (χ0) is 14.3. The largest absolute Gasteiger partial charge is 0.491 e. The zero-order valence-corrected chi connectivity index (χ0v) is 12.3. The third kappa shape index (κ3) is 7.15. The van der Waals surface area contributed by atoms with Gasteiger partial charge in [-0.3, -0.25) is 4.84 Å². The Hall–Kier alpha value is -1.10. The van der Waals surface area contributed by atoms with Crippen LogP contribution >= 0.6 is 0 Å². The first kappa shape index (κ1) is 16.0. The molecule has 0 spiro atoms. The van der Waals surface area contributed by atoms with Gasteiger partial charge in [-0.25, -0.2) is 0 Å². The lowest BCUT2D eigenvalue weighted by molar-refractivity contribution is -0.0857. The van der Waals surface area contributed by atoms with Gasteiger partial charge in [-0.2, -0.15) is 5.48 Å². The van der Waals surface area contributed by atoms with Crippen molar-refractivity contribution < 1.29 is 14.7 Å². The van der Waals surface area contributed by atoms with Gasteiger partial charge in [0.2, 0.25) is 0 Å². The van der Waals surface area contributed by atoms with Gasteiger partial charge in [-0.05, 0) is 44.9 Å². The molecule has 19 heavy (non-hydrogen) atoms. The average molecular weight is 267 g/mol. The van der Waals surface area contributed by atoms with E-state index in [9.17, 15) is 5.11 Å². The Morgan fingerprint density at radius 2 is 2.05 bits per heavy atom. The molecule has 1 aromatic carbocycles. The molecule has 0 saturated heterocycles. The van der Waals surface area contributed by atoms with Crippen LogP contribution in [0.5, 0.6) is 5.75 Å². The number of aliphatic hydroxyl groups excluding tert-OH is 1. The molecule has 2 N–H and O–H groups in total. The molecule has 1 atom stereocenters. The second-order valence-electron chi connectivity index (χ2n) is 5.53. The molecule has 0 saturated carbocycles. The van der Waals surface area contributed by atoms with Gasteiger partial charge in [0.15, 0.2) is 0 Å². The van der Waals surface area contributed by atoms with Crippen molar-refractivity contribution in [1.29, 1.82) is 0 Å². The summed E-state index contributed by atoms with van der Waals surface area (Å²) >= 11 is 0. The lowest BCUT2D eigenvalue weighted by Crippen LogP contribution is -2.36. The van der Waals surface area contributed by atoms with Crippen LogP contribution in [0.2, 0.25) is 0 Å². The molecule has 1 aromatic rings. The van der Waals surface area contributed by atoms with Crippen molar-refractivity contribution in [3.8, 4) is 5.75 Å². The van der Waals surface area contributed by atoms with Crippen LogP contribution in [0.15, 0.2) is 24.3 Å². The predicted octanol–water partition coefficient (Wildman–Crippen LogP) is 2.31. The first-order valence-corrected chi connectivity index (χ1v) is 6.71. The third-order valence-electron chi connectivity index (χ3n) is 2.45. The van der Waals surface area contributed by atoms with Crippen molar-refractivity contribution >= 4 is 0 Å². The number of rotatable bonds is 7. The summed E-state index contributed by atoms with van der Waals surface area (Å²) in [7, 11) is 0. The number of aliphatic hydroxyl groups is 1. The van der Waals surface area contributed by atoms with E-state index in [0.29, 0.717) is 6.54 Å². The maximum Gasteiger partial charge on any atom is 0.119 e. The fraction of sp³-hybridized carbons (Fsp3) is 0.600. The number of benzene rings is 1. The molecular weight excluding hydrogens is 242 g/mol. The molecule has 1 rings (SSSR count). The summed E-state index contributed by atoms with van der Waals surface area (Å²) in [5.41, 5.74) is 3.71. The average Bonchev–Trinajstić information content (AvgIpc) is 2.35. The fourth-order valence-electron chi connectivity index (χ4n) is 1.46. The second kappa shape index (κ2) is 7.48. The summed E-state index contributed by atoms with van der Waals surface area (Å²) in [6.45, 7) is 8.51. The number of hydrogen-bond acceptors (Lipinski definition) is 4. The van der Waals surface area contributed by atoms with Gasteiger partial charge in [-0.15, -0.1) is 0 Å². The molecule has 0 aliphatic heterocycles. The zero-order valence-electron chi connectivity index (χ0n) is 12.3. The number of hydroxylamine groups is 1. The highest BCUT2D eigenvalue weighted by molar-refractivity contribution is 5.28. The molecular formula is C15H25NO3. The minimum Gasteiger partial charge on any atom is -0.491 e. The van der Waals surface area contributed by atoms with Crippen LogP contribution in [0.25, 0.3) is 0 Å². The summed E-state index contributed by atoms with van der Waals surface area (Å²) in [5, 5.41) is 9.77. The minimum atomic E-state index is -0.604. The quantitative estimate of drug-likeness (QED) is 0.744. The normalized spacial score (nSPS) is 13.3. The molecule has 108 valence electrons. The molecule has 0 heterocycles. The molecule has 0 aliphatic carbocycles. The molecule has 0 radical (unpaired) electrons. The topological polar surface area (TPSA) is 50.7 Å². The SMILES string of the molecule is CCc1cccc(OCC(O)CNOC(C)(C)C)c1. The predicted molar refractivity (Wildman–Crippen MR) is 76.2 cm³/mol. The second-order valence-corrected chi connectivity index (χ2v) is 5.53. The minimum absolute atomic E-state index is 0.244. The van der Waals surface area contributed by atoms with E-state index in [2.05, 4.69) is 18.5 Å². The smallest absolute Gasteiger partial charge is 0.119 e. The van der Waals surface area contributed by atoms with E-state index < -0.39 is 6.10 Å². The standard InChI is InChI=1S/C15H25NO3/c1-5-12-7-6-8-14(9-12)18-11-13(17)10-16-19-15(2,3)4/h6-9,13,16-17H,5,10-11H2,1-4H3. The maximum atomic E-state index is 9.77. The Balaban J connectivity index is 2.27. The number of nitrogens with one attached hydrogen (secondary N) is 1. The van der Waals surface area contributed by atoms with Gasteiger partial charge in [0.1, 0.15) is 18.5 Å². The number of aryl methyl sites for hydroxylation is 1. The van der Waals surface area contributed by atoms with Crippen molar-refractivity contribution in [1.82, 2.24) is 5.48 Å². The Kier molecular flexibility index (Phi) is 6.28. The van der Waals surface area contributed by atoms with E-state index in [1.165, 1.54) is 5.56 Å². The maximum absolute atomic E-state index is 9.77. The van der Waals surface area contributed by atoms with Crippen LogP contribution in [-0.2, 0) is 11.3 Å². The van der Waals surface area contributed by atoms with Gasteiger partial charge >= 0.3 is 0 Å². The van der Waals surface area contributed by atoms with Crippen LogP contribution in [0.3, 0.4) is 0 Å². The van der Waals surface area contributed by atoms with E-state index in [4.69, 9.17) is 9.57 Å². The first-order chi connectivity index (χ1) is 8.90. The monoisotopic (exact) mass is 267 g/mol. The first-order valence-electron chi connectivity index (χ1n) is 6.71. The molecule has 4 heteroatoms. The van der Waals surface area contributed by atoms with E-state index in [0.717, 1.165) is 12.2 Å². The highest BCUT2D eigenvalue weighted by Gasteiger charge is 2.12. The van der Waals surface area contributed by atoms with Crippen molar-refractivity contribution in [2.75, 3.05) is 13.2 Å². The van der Waals surface area contributed by atoms with Crippen LogP contribution in [0.1, 0.15) is 33.3 Å². The summed E-state index contributed by atoms with van der Waals surface area (Å²) in [6, 6.07) is 7.90. The summed E-state index contributed by atoms with van der Waals surface area (Å²) in [4.78, 5) is 5.32. The Bertz CT molecular complexity index is 374. The van der Waals surface area contributed by atoms with E-state index >= 15 is 0 Å². The van der Waals surface area contributed by atoms with E-state index in [1.807, 2.05) is 39.0 Å². The highest BCUT2D eigenvalue weighted by Crippen LogP contribution is 2.13. The van der Waals surface area contributed by atoms with Gasteiger partial charge in [0.25, 0.3) is 0 Å². The third-order valence-corrected chi connectivity index (χ3v) is 2.45. The van der Waals surface area contributed by atoms with Crippen LogP contribution in [-0.4, -0.2) is 30.0 Å². The van der Waals surface area contributed by atoms with Crippen LogP contribution in [0, 0.1) is 0 Å². The molecule has 0 aliphatic rings. The highest BCUT2D eigenvalue weighted by atomic mass is 16.7. The van der Waals surface area contributed by atoms with E-state index in [1.54, 1.807) is 0 Å². The van der Waals surface area contributed by atoms with Crippen molar-refractivity contribution in [3.63, 3.8) is 0 Å². The van der Waals surface area contributed by atoms with Crippen molar-refractivity contribution in [2.24, 2.45) is 0 Å². The summed E-state index contributed by atoms with van der Waals surface area (Å²) in [6.07, 6.45) is 0.369. The van der Waals surface area contributed by atoms with Gasteiger partial charge in [-0.1, -0.05) is 19.1 Å². The fourth-order valence-corrected chi connectivity index (χ4v) is 1.46. The number of ether oxygens (including phenoxy) is 1. The molecule has 1 unspecified atom stereocenters. The Morgan fingerprint density at radius 1 is 1.32 bits per heavy atom. The lowest BCUT2D eigenvalue weighted by Gasteiger charge is -2.21. The number of hydrogen-bond donors (Lipinski definition) is 2. The van der Waals surface area contributed by atoms with Gasteiger partial charge < -0.3 is 9.84 Å².